The third-order valence-corrected chi connectivity index (χ3v) is 17.0. The minimum Gasteiger partial charge on any atom is -0.494 e. The Kier molecular flexibility index (Phi) is 39.5. The van der Waals surface area contributed by atoms with E-state index in [1.54, 1.807) is 48.5 Å². The van der Waals surface area contributed by atoms with E-state index in [0.29, 0.717) is 75.9 Å². The van der Waals surface area contributed by atoms with Crippen molar-refractivity contribution < 1.29 is 105 Å². The molecular formula is C86H100N2O22. The number of nitrogens with two attached hydrogens (primary N) is 2. The van der Waals surface area contributed by atoms with E-state index < -0.39 is 59.6 Å². The molecule has 0 unspecified atom stereocenters. The van der Waals surface area contributed by atoms with Crippen molar-refractivity contribution in [1.82, 2.24) is 0 Å². The second-order valence-corrected chi connectivity index (χ2v) is 25.5. The van der Waals surface area contributed by atoms with Crippen molar-refractivity contribution in [3.8, 4) is 46.0 Å². The molecule has 4 N–H and O–H groups in total. The predicted molar refractivity (Wildman–Crippen MR) is 411 cm³/mol. The first-order valence-corrected chi connectivity index (χ1v) is 37.3. The molecule has 0 aromatic heterocycles. The molecule has 0 spiro atoms. The number of unbranched alkanes of at least 4 members (excludes halogenated alkanes) is 17. The van der Waals surface area contributed by atoms with Gasteiger partial charge in [-0.3, -0.25) is 9.59 Å². The molecule has 6 aromatic rings. The normalized spacial score (nSPS) is 10.7. The van der Waals surface area contributed by atoms with Gasteiger partial charge in [0.25, 0.3) is 11.8 Å². The first kappa shape index (κ1) is 87.1. The number of aryl methyl sites for hydroxylation is 2. The van der Waals surface area contributed by atoms with Gasteiger partial charge in [-0.15, -0.1) is 0 Å². The van der Waals surface area contributed by atoms with Crippen LogP contribution in [0.15, 0.2) is 172 Å². The van der Waals surface area contributed by atoms with E-state index in [9.17, 15) is 47.9 Å². The lowest BCUT2D eigenvalue weighted by atomic mass is 9.98. The summed E-state index contributed by atoms with van der Waals surface area (Å²) in [7, 11) is 0. The summed E-state index contributed by atoms with van der Waals surface area (Å²) in [5, 5.41) is 0. The summed E-state index contributed by atoms with van der Waals surface area (Å²) in [6.45, 7) is 16.6. The van der Waals surface area contributed by atoms with Gasteiger partial charge in [-0.05, 0) is 210 Å². The number of hydrogen-bond donors (Lipinski definition) is 2. The van der Waals surface area contributed by atoms with Gasteiger partial charge in [0.2, 0.25) is 0 Å². The number of primary amides is 2. The zero-order valence-electron chi connectivity index (χ0n) is 62.4. The summed E-state index contributed by atoms with van der Waals surface area (Å²) in [6, 6.07) is 30.4. The molecule has 0 heterocycles. The summed E-state index contributed by atoms with van der Waals surface area (Å²) in [4.78, 5) is 128. The fourth-order valence-electron chi connectivity index (χ4n) is 11.1. The number of benzene rings is 6. The Morgan fingerprint density at radius 1 is 0.264 bits per heavy atom. The lowest BCUT2D eigenvalue weighted by molar-refractivity contribution is -0.138. The Bertz CT molecular complexity index is 3760. The average molecular weight is 1510 g/mol. The molecular weight excluding hydrogens is 1410 g/mol. The molecule has 0 radical (unpaired) electrons. The molecule has 2 amide bonds. The van der Waals surface area contributed by atoms with Crippen LogP contribution < -0.4 is 49.4 Å². The van der Waals surface area contributed by atoms with E-state index in [0.717, 1.165) is 153 Å². The highest BCUT2D eigenvalue weighted by Gasteiger charge is 2.26. The van der Waals surface area contributed by atoms with Crippen LogP contribution in [0.5, 0.6) is 46.0 Å². The molecule has 0 aliphatic heterocycles. The predicted octanol–water partition coefficient (Wildman–Crippen LogP) is 15.6. The molecule has 24 nitrogen and oxygen atoms in total. The number of rotatable bonds is 55. The van der Waals surface area contributed by atoms with Gasteiger partial charge in [-0.1, -0.05) is 103 Å². The third kappa shape index (κ3) is 32.7. The molecule has 6 rings (SSSR count). The van der Waals surface area contributed by atoms with E-state index in [1.165, 1.54) is 72.8 Å². The highest BCUT2D eigenvalue weighted by atomic mass is 16.6. The van der Waals surface area contributed by atoms with Crippen LogP contribution in [0.2, 0.25) is 0 Å². The summed E-state index contributed by atoms with van der Waals surface area (Å²) < 4.78 is 67.8. The SMILES string of the molecule is C=CC(=O)OCCCCCCCOc1ccc(C(=O)Oc2cc(CCCCc3cc(OC(=O)c4ccc(OCCCCCCCOC(=O)C=C)cc4)cc(C(N)=O)c3OC(=O)c3ccc(OCCCCCCCOC(=O)C=C)cc3)c(OC(=O)c3ccc(OCCCCCCCOC(=O)C=C)cc3)c(C(N)=O)c2)cc1. The topological polar surface area (TPSA) is 333 Å². The Morgan fingerprint density at radius 2 is 0.482 bits per heavy atom. The van der Waals surface area contributed by atoms with Crippen LogP contribution in [-0.2, 0) is 51.0 Å². The number of carbonyl (C=O) groups is 10. The maximum absolute atomic E-state index is 14.1. The molecule has 0 fully saturated rings. The maximum atomic E-state index is 14.1. The standard InChI is InChI=1S/C86H100N2O22/c1-5-75(89)103-53-27-17-9-13-23-49-99-67-41-33-61(34-42-67)83(95)107-71-57-65(79(73(59-71)81(87)93)109-85(97)63-37-45-69(46-38-63)101-51-25-15-11-19-29-55-105-77(91)7-3)31-21-22-32-66-58-72(108-84(96)62-35-43-68(44-36-62)100-50-24-14-10-18-28-54-104-76(90)6-2)60-74(82(88)94)80(66)110-86(98)64-39-47-70(48-40-64)102-52-26-16-12-20-30-56-106-78(92)8-4/h5-8,33-48,57-60H,1-4,9-32,49-56H2,(H2,87,93)(H2,88,94). The fourth-order valence-corrected chi connectivity index (χ4v) is 11.1. The monoisotopic (exact) mass is 1510 g/mol. The number of carbonyl (C=O) groups excluding carboxylic acids is 10. The number of ether oxygens (including phenoxy) is 12. The van der Waals surface area contributed by atoms with Gasteiger partial charge < -0.3 is 68.3 Å². The van der Waals surface area contributed by atoms with Crippen molar-refractivity contribution in [2.75, 3.05) is 52.9 Å². The molecule has 24 heteroatoms. The van der Waals surface area contributed by atoms with E-state index in [4.69, 9.17) is 68.3 Å². The summed E-state index contributed by atoms with van der Waals surface area (Å²) in [6.07, 6.45) is 21.7. The first-order valence-electron chi connectivity index (χ1n) is 37.3. The Labute approximate surface area is 642 Å². The van der Waals surface area contributed by atoms with Gasteiger partial charge in [0.05, 0.1) is 86.2 Å². The molecule has 0 atom stereocenters. The highest BCUT2D eigenvalue weighted by Crippen LogP contribution is 2.36. The zero-order chi connectivity index (χ0) is 79.1. The second-order valence-electron chi connectivity index (χ2n) is 25.5. The van der Waals surface area contributed by atoms with Gasteiger partial charge in [0.15, 0.2) is 0 Å². The van der Waals surface area contributed by atoms with Gasteiger partial charge in [0, 0.05) is 24.3 Å². The number of amides is 2. The summed E-state index contributed by atoms with van der Waals surface area (Å²) in [5.41, 5.74) is 12.4. The fraction of sp³-hybridized carbons (Fsp3) is 0.372. The lowest BCUT2D eigenvalue weighted by Crippen LogP contribution is -2.19. The molecule has 0 bridgehead atoms. The second kappa shape index (κ2) is 49.9. The maximum Gasteiger partial charge on any atom is 0.343 e. The lowest BCUT2D eigenvalue weighted by Gasteiger charge is -2.17. The van der Waals surface area contributed by atoms with Crippen molar-refractivity contribution in [3.63, 3.8) is 0 Å². The van der Waals surface area contributed by atoms with Crippen LogP contribution >= 0.6 is 0 Å². The highest BCUT2D eigenvalue weighted by molar-refractivity contribution is 6.01. The molecule has 586 valence electrons. The number of esters is 8. The van der Waals surface area contributed by atoms with Crippen molar-refractivity contribution in [2.24, 2.45) is 11.5 Å². The largest absolute Gasteiger partial charge is 0.494 e. The quantitative estimate of drug-likeness (QED) is 0.0118. The molecule has 0 saturated heterocycles. The van der Waals surface area contributed by atoms with E-state index in [1.807, 2.05) is 0 Å². The van der Waals surface area contributed by atoms with Crippen molar-refractivity contribution in [3.05, 3.63) is 216 Å². The molecule has 0 aliphatic carbocycles. The minimum atomic E-state index is -1.02. The van der Waals surface area contributed by atoms with Crippen molar-refractivity contribution in [1.29, 1.82) is 0 Å². The van der Waals surface area contributed by atoms with E-state index in [-0.39, 0.29) is 93.2 Å². The van der Waals surface area contributed by atoms with Crippen LogP contribution in [0, 0.1) is 0 Å². The van der Waals surface area contributed by atoms with Gasteiger partial charge in [-0.2, -0.15) is 0 Å². The average Bonchev–Trinajstić information content (AvgIpc) is 0.804. The smallest absolute Gasteiger partial charge is 0.343 e. The minimum absolute atomic E-state index is 0.0350. The Balaban J connectivity index is 1.20. The molecule has 0 aliphatic rings. The van der Waals surface area contributed by atoms with Crippen LogP contribution in [0.3, 0.4) is 0 Å². The first-order chi connectivity index (χ1) is 53.4. The van der Waals surface area contributed by atoms with Crippen molar-refractivity contribution >= 4 is 59.6 Å². The van der Waals surface area contributed by atoms with Crippen LogP contribution in [-0.4, -0.2) is 112 Å². The summed E-state index contributed by atoms with van der Waals surface area (Å²) in [5.74, 6) is -5.76. The third-order valence-electron chi connectivity index (χ3n) is 17.0. The summed E-state index contributed by atoms with van der Waals surface area (Å²) >= 11 is 0. The van der Waals surface area contributed by atoms with E-state index >= 15 is 0 Å². The van der Waals surface area contributed by atoms with Gasteiger partial charge >= 0.3 is 47.8 Å². The van der Waals surface area contributed by atoms with Gasteiger partial charge in [0.1, 0.15) is 46.0 Å². The van der Waals surface area contributed by atoms with Crippen molar-refractivity contribution in [2.45, 2.75) is 154 Å². The molecule has 6 aromatic carbocycles. The van der Waals surface area contributed by atoms with Crippen LogP contribution in [0.1, 0.15) is 215 Å². The van der Waals surface area contributed by atoms with Crippen LogP contribution in [0.4, 0.5) is 0 Å². The van der Waals surface area contributed by atoms with E-state index in [2.05, 4.69) is 26.3 Å². The molecule has 110 heavy (non-hydrogen) atoms. The van der Waals surface area contributed by atoms with Gasteiger partial charge in [-0.25, -0.2) is 38.4 Å². The zero-order valence-corrected chi connectivity index (χ0v) is 62.4. The molecule has 0 saturated carbocycles. The number of hydrogen-bond acceptors (Lipinski definition) is 22. The Hall–Kier alpha value is -11.8. The van der Waals surface area contributed by atoms with Crippen LogP contribution in [0.25, 0.3) is 0 Å². The Morgan fingerprint density at radius 3 is 0.709 bits per heavy atom.